The van der Waals surface area contributed by atoms with E-state index in [4.69, 9.17) is 5.73 Å². The molecule has 0 aromatic carbocycles. The van der Waals surface area contributed by atoms with Crippen LogP contribution in [0.25, 0.3) is 0 Å². The van der Waals surface area contributed by atoms with Gasteiger partial charge in [-0.25, -0.2) is 0 Å². The van der Waals surface area contributed by atoms with E-state index in [0.29, 0.717) is 5.54 Å². The van der Waals surface area contributed by atoms with E-state index >= 15 is 0 Å². The minimum Gasteiger partial charge on any atom is -0.324 e. The van der Waals surface area contributed by atoms with Gasteiger partial charge in [-0.3, -0.25) is 0 Å². The Balaban J connectivity index is 1.67. The van der Waals surface area contributed by atoms with Crippen LogP contribution in [0.2, 0.25) is 0 Å². The fraction of sp³-hybridized carbons (Fsp3) is 1.00. The molecule has 3 aliphatic rings. The predicted molar refractivity (Wildman–Crippen MR) is 63.5 cm³/mol. The van der Waals surface area contributed by atoms with Crippen molar-refractivity contribution in [2.24, 2.45) is 29.4 Å². The van der Waals surface area contributed by atoms with Crippen LogP contribution in [0, 0.1) is 23.7 Å². The molecule has 0 amide bonds. The SMILES string of the molecule is CC1CCC(C2(N)C3CCCCC32)CC1. The Morgan fingerprint density at radius 3 is 1.93 bits per heavy atom. The normalized spacial score (nSPS) is 54.8. The van der Waals surface area contributed by atoms with Gasteiger partial charge in [0.15, 0.2) is 0 Å². The number of nitrogens with two attached hydrogens (primary N) is 1. The summed E-state index contributed by atoms with van der Waals surface area (Å²) >= 11 is 0. The zero-order chi connectivity index (χ0) is 10.5. The van der Waals surface area contributed by atoms with Crippen LogP contribution in [0.3, 0.4) is 0 Å². The van der Waals surface area contributed by atoms with Gasteiger partial charge in [0.2, 0.25) is 0 Å². The molecule has 3 fully saturated rings. The fourth-order valence-electron chi connectivity index (χ4n) is 4.58. The third kappa shape index (κ3) is 1.46. The Hall–Kier alpha value is -0.0400. The Morgan fingerprint density at radius 2 is 1.40 bits per heavy atom. The third-order valence-corrected chi connectivity index (χ3v) is 5.66. The molecule has 0 heterocycles. The first-order valence-corrected chi connectivity index (χ1v) is 7.01. The molecule has 2 atom stereocenters. The second-order valence-electron chi connectivity index (χ2n) is 6.45. The summed E-state index contributed by atoms with van der Waals surface area (Å²) in [7, 11) is 0. The largest absolute Gasteiger partial charge is 0.324 e. The molecule has 1 heteroatoms. The van der Waals surface area contributed by atoms with Crippen molar-refractivity contribution < 1.29 is 0 Å². The lowest BCUT2D eigenvalue weighted by molar-refractivity contribution is 0.227. The van der Waals surface area contributed by atoms with Gasteiger partial charge in [-0.05, 0) is 49.4 Å². The van der Waals surface area contributed by atoms with E-state index in [1.54, 1.807) is 0 Å². The standard InChI is InChI=1S/C14H25N/c1-10-6-8-11(9-7-10)14(15)12-4-2-3-5-13(12)14/h10-13H,2-9,15H2,1H3. The van der Waals surface area contributed by atoms with Gasteiger partial charge < -0.3 is 5.73 Å². The first-order chi connectivity index (χ1) is 7.23. The first-order valence-electron chi connectivity index (χ1n) is 7.01. The zero-order valence-corrected chi connectivity index (χ0v) is 10.0. The Bertz CT molecular complexity index is 228. The maximum atomic E-state index is 6.72. The van der Waals surface area contributed by atoms with Crippen LogP contribution in [0.5, 0.6) is 0 Å². The summed E-state index contributed by atoms with van der Waals surface area (Å²) in [6.45, 7) is 2.40. The second kappa shape index (κ2) is 3.48. The molecule has 0 spiro atoms. The van der Waals surface area contributed by atoms with E-state index in [2.05, 4.69) is 6.92 Å². The van der Waals surface area contributed by atoms with Crippen LogP contribution in [0.4, 0.5) is 0 Å². The number of rotatable bonds is 1. The van der Waals surface area contributed by atoms with Crippen molar-refractivity contribution in [2.45, 2.75) is 63.8 Å². The average molecular weight is 207 g/mol. The van der Waals surface area contributed by atoms with E-state index in [0.717, 1.165) is 23.7 Å². The third-order valence-electron chi connectivity index (χ3n) is 5.66. The topological polar surface area (TPSA) is 26.0 Å². The van der Waals surface area contributed by atoms with Crippen molar-refractivity contribution in [2.75, 3.05) is 0 Å². The molecule has 0 aliphatic heterocycles. The molecule has 15 heavy (non-hydrogen) atoms. The summed E-state index contributed by atoms with van der Waals surface area (Å²) in [6.07, 6.45) is 11.5. The van der Waals surface area contributed by atoms with Crippen molar-refractivity contribution in [3.8, 4) is 0 Å². The first kappa shape index (κ1) is 10.1. The van der Waals surface area contributed by atoms with Crippen LogP contribution in [-0.2, 0) is 0 Å². The Morgan fingerprint density at radius 1 is 0.867 bits per heavy atom. The molecule has 0 aromatic rings. The highest BCUT2D eigenvalue weighted by molar-refractivity contribution is 5.19. The van der Waals surface area contributed by atoms with Crippen LogP contribution < -0.4 is 5.73 Å². The fourth-order valence-corrected chi connectivity index (χ4v) is 4.58. The van der Waals surface area contributed by atoms with Gasteiger partial charge in [-0.1, -0.05) is 32.6 Å². The summed E-state index contributed by atoms with van der Waals surface area (Å²) in [5, 5.41) is 0. The molecular formula is C14H25N. The van der Waals surface area contributed by atoms with Crippen molar-refractivity contribution in [1.29, 1.82) is 0 Å². The van der Waals surface area contributed by atoms with Crippen LogP contribution in [0.15, 0.2) is 0 Å². The maximum Gasteiger partial charge on any atom is 0.0246 e. The van der Waals surface area contributed by atoms with Crippen LogP contribution in [0.1, 0.15) is 58.3 Å². The molecule has 0 saturated heterocycles. The van der Waals surface area contributed by atoms with Crippen LogP contribution in [-0.4, -0.2) is 5.54 Å². The summed E-state index contributed by atoms with van der Waals surface area (Å²) in [4.78, 5) is 0. The highest BCUT2D eigenvalue weighted by Gasteiger charge is 2.64. The number of hydrogen-bond donors (Lipinski definition) is 1. The quantitative estimate of drug-likeness (QED) is 0.701. The van der Waals surface area contributed by atoms with Gasteiger partial charge in [0, 0.05) is 5.54 Å². The maximum absolute atomic E-state index is 6.72. The lowest BCUT2D eigenvalue weighted by atomic mass is 9.77. The molecular weight excluding hydrogens is 182 g/mol. The summed E-state index contributed by atoms with van der Waals surface area (Å²) < 4.78 is 0. The second-order valence-corrected chi connectivity index (χ2v) is 6.45. The van der Waals surface area contributed by atoms with Crippen molar-refractivity contribution in [3.63, 3.8) is 0 Å². The van der Waals surface area contributed by atoms with Crippen LogP contribution >= 0.6 is 0 Å². The van der Waals surface area contributed by atoms with E-state index in [9.17, 15) is 0 Å². The van der Waals surface area contributed by atoms with E-state index in [1.807, 2.05) is 0 Å². The lowest BCUT2D eigenvalue weighted by Crippen LogP contribution is -2.38. The van der Waals surface area contributed by atoms with Gasteiger partial charge in [0.25, 0.3) is 0 Å². The molecule has 3 rings (SSSR count). The van der Waals surface area contributed by atoms with Gasteiger partial charge in [0.1, 0.15) is 0 Å². The molecule has 3 saturated carbocycles. The van der Waals surface area contributed by atoms with Gasteiger partial charge in [-0.2, -0.15) is 0 Å². The highest BCUT2D eigenvalue weighted by atomic mass is 14.9. The van der Waals surface area contributed by atoms with Gasteiger partial charge in [0.05, 0.1) is 0 Å². The van der Waals surface area contributed by atoms with Crippen molar-refractivity contribution in [3.05, 3.63) is 0 Å². The van der Waals surface area contributed by atoms with Gasteiger partial charge >= 0.3 is 0 Å². The molecule has 2 unspecified atom stereocenters. The van der Waals surface area contributed by atoms with Crippen molar-refractivity contribution >= 4 is 0 Å². The molecule has 86 valence electrons. The Labute approximate surface area is 93.8 Å². The summed E-state index contributed by atoms with van der Waals surface area (Å²) in [5.41, 5.74) is 7.02. The molecule has 0 aromatic heterocycles. The van der Waals surface area contributed by atoms with E-state index in [-0.39, 0.29) is 0 Å². The minimum absolute atomic E-state index is 0.302. The van der Waals surface area contributed by atoms with E-state index < -0.39 is 0 Å². The highest BCUT2D eigenvalue weighted by Crippen LogP contribution is 2.62. The molecule has 1 nitrogen and oxygen atoms in total. The predicted octanol–water partition coefficient (Wildman–Crippen LogP) is 3.33. The summed E-state index contributed by atoms with van der Waals surface area (Å²) in [5.74, 6) is 3.68. The molecule has 3 aliphatic carbocycles. The molecule has 2 N–H and O–H groups in total. The van der Waals surface area contributed by atoms with Gasteiger partial charge in [-0.15, -0.1) is 0 Å². The lowest BCUT2D eigenvalue weighted by Gasteiger charge is -2.32. The number of fused-ring (bicyclic) bond motifs is 1. The number of hydrogen-bond acceptors (Lipinski definition) is 1. The Kier molecular flexibility index (Phi) is 2.35. The monoisotopic (exact) mass is 207 g/mol. The molecule has 0 bridgehead atoms. The minimum atomic E-state index is 0.302. The average Bonchev–Trinajstić information content (AvgIpc) is 2.88. The van der Waals surface area contributed by atoms with E-state index in [1.165, 1.54) is 51.4 Å². The molecule has 0 radical (unpaired) electrons. The smallest absolute Gasteiger partial charge is 0.0246 e. The summed E-state index contributed by atoms with van der Waals surface area (Å²) in [6, 6.07) is 0. The zero-order valence-electron chi connectivity index (χ0n) is 10.0. The van der Waals surface area contributed by atoms with Crippen molar-refractivity contribution in [1.82, 2.24) is 0 Å².